The van der Waals surface area contributed by atoms with Crippen molar-refractivity contribution in [2.75, 3.05) is 16.8 Å². The lowest BCUT2D eigenvalue weighted by atomic mass is 10.0. The first-order valence-corrected chi connectivity index (χ1v) is 8.91. The van der Waals surface area contributed by atoms with Gasteiger partial charge in [0.05, 0.1) is 5.56 Å². The van der Waals surface area contributed by atoms with Gasteiger partial charge in [-0.15, -0.1) is 0 Å². The molecular weight excluding hydrogens is 343 g/mol. The largest absolute Gasteiger partial charge is 0.350 e. The van der Waals surface area contributed by atoms with Crippen molar-refractivity contribution in [2.45, 2.75) is 19.4 Å². The molecule has 0 saturated carbocycles. The Kier molecular flexibility index (Phi) is 4.78. The van der Waals surface area contributed by atoms with Gasteiger partial charge in [-0.1, -0.05) is 36.4 Å². The molecule has 0 spiro atoms. The van der Waals surface area contributed by atoms with Crippen LogP contribution in [0.25, 0.3) is 0 Å². The quantitative estimate of drug-likeness (QED) is 0.767. The average Bonchev–Trinajstić information content (AvgIpc) is 2.73. The second-order valence-corrected chi connectivity index (χ2v) is 6.43. The van der Waals surface area contributed by atoms with Gasteiger partial charge in [0.1, 0.15) is 5.82 Å². The molecule has 3 aromatic rings. The van der Waals surface area contributed by atoms with Gasteiger partial charge in [-0.3, -0.25) is 4.79 Å². The molecule has 0 unspecified atom stereocenters. The SMILES string of the molecule is O=C(c1cnc(NCc2ccccc2F)nc1)N1CCCc2ccccc21. The molecule has 0 radical (unpaired) electrons. The number of para-hydroxylation sites is 1. The summed E-state index contributed by atoms with van der Waals surface area (Å²) < 4.78 is 13.7. The van der Waals surface area contributed by atoms with Gasteiger partial charge in [-0.25, -0.2) is 14.4 Å². The predicted molar refractivity (Wildman–Crippen MR) is 102 cm³/mol. The third-order valence-electron chi connectivity index (χ3n) is 4.65. The third-order valence-corrected chi connectivity index (χ3v) is 4.65. The second-order valence-electron chi connectivity index (χ2n) is 6.43. The maximum atomic E-state index is 13.7. The Hall–Kier alpha value is -3.28. The smallest absolute Gasteiger partial charge is 0.261 e. The maximum absolute atomic E-state index is 13.7. The fourth-order valence-corrected chi connectivity index (χ4v) is 3.25. The number of halogens is 1. The van der Waals surface area contributed by atoms with Crippen LogP contribution in [0.5, 0.6) is 0 Å². The number of nitrogens with zero attached hydrogens (tertiary/aromatic N) is 3. The van der Waals surface area contributed by atoms with Crippen LogP contribution in [0.3, 0.4) is 0 Å². The molecule has 0 bridgehead atoms. The molecule has 1 aromatic heterocycles. The molecule has 6 heteroatoms. The summed E-state index contributed by atoms with van der Waals surface area (Å²) >= 11 is 0. The van der Waals surface area contributed by atoms with E-state index >= 15 is 0 Å². The number of fused-ring (bicyclic) bond motifs is 1. The molecule has 1 amide bonds. The molecular formula is C21H19FN4O. The molecule has 1 N–H and O–H groups in total. The second kappa shape index (κ2) is 7.53. The highest BCUT2D eigenvalue weighted by atomic mass is 19.1. The Morgan fingerprint density at radius 3 is 2.63 bits per heavy atom. The minimum atomic E-state index is -0.277. The highest BCUT2D eigenvalue weighted by Crippen LogP contribution is 2.27. The zero-order chi connectivity index (χ0) is 18.6. The van der Waals surface area contributed by atoms with Gasteiger partial charge in [0.2, 0.25) is 5.95 Å². The molecule has 2 aromatic carbocycles. The minimum Gasteiger partial charge on any atom is -0.350 e. The minimum absolute atomic E-state index is 0.109. The molecule has 136 valence electrons. The number of aryl methyl sites for hydroxylation is 1. The van der Waals surface area contributed by atoms with Crippen LogP contribution in [0.15, 0.2) is 60.9 Å². The molecule has 27 heavy (non-hydrogen) atoms. The third kappa shape index (κ3) is 3.65. The molecule has 5 nitrogen and oxygen atoms in total. The highest BCUT2D eigenvalue weighted by Gasteiger charge is 2.23. The molecule has 4 rings (SSSR count). The Bertz CT molecular complexity index is 958. The number of aromatic nitrogens is 2. The lowest BCUT2D eigenvalue weighted by molar-refractivity contribution is 0.0984. The van der Waals surface area contributed by atoms with Crippen molar-refractivity contribution in [1.29, 1.82) is 0 Å². The highest BCUT2D eigenvalue weighted by molar-refractivity contribution is 6.06. The zero-order valence-corrected chi connectivity index (χ0v) is 14.7. The van der Waals surface area contributed by atoms with Gasteiger partial charge in [0, 0.05) is 36.7 Å². The fraction of sp³-hybridized carbons (Fsp3) is 0.190. The summed E-state index contributed by atoms with van der Waals surface area (Å²) in [5, 5.41) is 2.98. The number of anilines is 2. The topological polar surface area (TPSA) is 58.1 Å². The summed E-state index contributed by atoms with van der Waals surface area (Å²) in [7, 11) is 0. The van der Waals surface area contributed by atoms with Gasteiger partial charge < -0.3 is 10.2 Å². The lowest BCUT2D eigenvalue weighted by Gasteiger charge is -2.29. The molecule has 0 saturated heterocycles. The number of rotatable bonds is 4. The van der Waals surface area contributed by atoms with E-state index in [2.05, 4.69) is 21.4 Å². The molecule has 2 heterocycles. The monoisotopic (exact) mass is 362 g/mol. The standard InChI is InChI=1S/C21H19FN4O/c22-18-9-3-1-7-16(18)12-23-21-24-13-17(14-25-21)20(27)26-11-5-8-15-6-2-4-10-19(15)26/h1-4,6-7,9-10,13-14H,5,8,11-12H2,(H,23,24,25). The van der Waals surface area contributed by atoms with Crippen molar-refractivity contribution in [3.05, 3.63) is 83.4 Å². The summed E-state index contributed by atoms with van der Waals surface area (Å²) in [4.78, 5) is 23.1. The maximum Gasteiger partial charge on any atom is 0.261 e. The summed E-state index contributed by atoms with van der Waals surface area (Å²) in [6.07, 6.45) is 4.94. The van der Waals surface area contributed by atoms with Crippen LogP contribution in [-0.2, 0) is 13.0 Å². The molecule has 0 aliphatic carbocycles. The first-order chi connectivity index (χ1) is 13.2. The number of nitrogens with one attached hydrogen (secondary N) is 1. The van der Waals surface area contributed by atoms with Crippen LogP contribution in [0.4, 0.5) is 16.0 Å². The number of carbonyl (C=O) groups excluding carboxylic acids is 1. The molecule has 0 atom stereocenters. The van der Waals surface area contributed by atoms with Gasteiger partial charge in [0.15, 0.2) is 0 Å². The van der Waals surface area contributed by atoms with E-state index < -0.39 is 0 Å². The van der Waals surface area contributed by atoms with E-state index in [0.29, 0.717) is 23.6 Å². The first kappa shape index (κ1) is 17.1. The van der Waals surface area contributed by atoms with Crippen LogP contribution in [0, 0.1) is 5.82 Å². The summed E-state index contributed by atoms with van der Waals surface area (Å²) in [5.41, 5.74) is 3.10. The van der Waals surface area contributed by atoms with Gasteiger partial charge in [0.25, 0.3) is 5.91 Å². The van der Waals surface area contributed by atoms with E-state index in [1.807, 2.05) is 18.2 Å². The van der Waals surface area contributed by atoms with Gasteiger partial charge in [-0.05, 0) is 30.5 Å². The van der Waals surface area contributed by atoms with E-state index in [1.54, 1.807) is 23.1 Å². The van der Waals surface area contributed by atoms with Gasteiger partial charge >= 0.3 is 0 Å². The fourth-order valence-electron chi connectivity index (χ4n) is 3.25. The van der Waals surface area contributed by atoms with Crippen LogP contribution >= 0.6 is 0 Å². The zero-order valence-electron chi connectivity index (χ0n) is 14.7. The van der Waals surface area contributed by atoms with Crippen LogP contribution in [0.2, 0.25) is 0 Å². The van der Waals surface area contributed by atoms with E-state index in [0.717, 1.165) is 18.5 Å². The molecule has 1 aliphatic heterocycles. The van der Waals surface area contributed by atoms with Crippen LogP contribution < -0.4 is 10.2 Å². The summed E-state index contributed by atoms with van der Waals surface area (Å²) in [6, 6.07) is 14.5. The van der Waals surface area contributed by atoms with E-state index in [9.17, 15) is 9.18 Å². The number of carbonyl (C=O) groups is 1. The Balaban J connectivity index is 1.46. The average molecular weight is 362 g/mol. The van der Waals surface area contributed by atoms with Crippen molar-refractivity contribution in [3.63, 3.8) is 0 Å². The predicted octanol–water partition coefficient (Wildman–Crippen LogP) is 3.82. The van der Waals surface area contributed by atoms with Crippen molar-refractivity contribution in [1.82, 2.24) is 9.97 Å². The first-order valence-electron chi connectivity index (χ1n) is 8.91. The van der Waals surface area contributed by atoms with Crippen molar-refractivity contribution in [3.8, 4) is 0 Å². The van der Waals surface area contributed by atoms with Crippen molar-refractivity contribution < 1.29 is 9.18 Å². The Morgan fingerprint density at radius 2 is 1.81 bits per heavy atom. The van der Waals surface area contributed by atoms with E-state index in [-0.39, 0.29) is 18.3 Å². The van der Waals surface area contributed by atoms with E-state index in [4.69, 9.17) is 0 Å². The number of hydrogen-bond acceptors (Lipinski definition) is 4. The normalized spacial score (nSPS) is 13.1. The molecule has 0 fully saturated rings. The van der Waals surface area contributed by atoms with Crippen LogP contribution in [-0.4, -0.2) is 22.4 Å². The summed E-state index contributed by atoms with van der Waals surface area (Å²) in [5.74, 6) is -0.0304. The lowest BCUT2D eigenvalue weighted by Crippen LogP contribution is -2.35. The Morgan fingerprint density at radius 1 is 1.07 bits per heavy atom. The number of hydrogen-bond donors (Lipinski definition) is 1. The summed E-state index contributed by atoms with van der Waals surface area (Å²) in [6.45, 7) is 0.961. The van der Waals surface area contributed by atoms with Crippen LogP contribution in [0.1, 0.15) is 27.9 Å². The van der Waals surface area contributed by atoms with Crippen molar-refractivity contribution >= 4 is 17.5 Å². The Labute approximate surface area is 156 Å². The number of benzene rings is 2. The number of amides is 1. The van der Waals surface area contributed by atoms with Crippen molar-refractivity contribution in [2.24, 2.45) is 0 Å². The molecule has 1 aliphatic rings. The van der Waals surface area contributed by atoms with E-state index in [1.165, 1.54) is 24.0 Å². The van der Waals surface area contributed by atoms with Gasteiger partial charge in [-0.2, -0.15) is 0 Å².